The summed E-state index contributed by atoms with van der Waals surface area (Å²) in [6.45, 7) is 4.76. The quantitative estimate of drug-likeness (QED) is 0.759. The average molecular weight is 295 g/mol. The van der Waals surface area contributed by atoms with Gasteiger partial charge in [-0.2, -0.15) is 0 Å². The van der Waals surface area contributed by atoms with Crippen molar-refractivity contribution in [2.24, 2.45) is 0 Å². The van der Waals surface area contributed by atoms with Crippen molar-refractivity contribution in [3.8, 4) is 0 Å². The first-order valence-corrected chi connectivity index (χ1v) is 7.02. The Morgan fingerprint density at radius 1 is 1.00 bits per heavy atom. The van der Waals surface area contributed by atoms with Crippen LogP contribution < -0.4 is 0 Å². The van der Waals surface area contributed by atoms with Crippen LogP contribution in [-0.2, 0) is 13.1 Å². The first-order valence-electron chi connectivity index (χ1n) is 6.26. The molecule has 2 aromatic rings. The van der Waals surface area contributed by atoms with Crippen molar-refractivity contribution >= 4 is 23.2 Å². The highest BCUT2D eigenvalue weighted by atomic mass is 35.5. The fraction of sp³-hybridized carbons (Fsp3) is 0.267. The molecule has 2 rings (SSSR count). The largest absolute Gasteiger partial charge is 0.295 e. The van der Waals surface area contributed by atoms with Gasteiger partial charge in [0, 0.05) is 18.7 Å². The van der Waals surface area contributed by atoms with Gasteiger partial charge in [-0.05, 0) is 18.2 Å². The van der Waals surface area contributed by atoms with Crippen LogP contribution in [0, 0.1) is 0 Å². The first-order chi connectivity index (χ1) is 9.19. The van der Waals surface area contributed by atoms with Crippen molar-refractivity contribution in [3.63, 3.8) is 0 Å². The standard InChI is InChI=1S/C15H16Cl2N2/c1-2-19(10-12-6-4-3-5-7-12)11-13-8-9-14(16)18-15(13)17/h3-9H,2,10-11H2,1H3. The molecule has 0 unspecified atom stereocenters. The fourth-order valence-corrected chi connectivity index (χ4v) is 2.33. The van der Waals surface area contributed by atoms with Gasteiger partial charge in [-0.1, -0.05) is 66.5 Å². The SMILES string of the molecule is CCN(Cc1ccccc1)Cc1ccc(Cl)nc1Cl. The molecule has 0 bridgehead atoms. The van der Waals surface area contributed by atoms with Crippen LogP contribution in [0.3, 0.4) is 0 Å². The van der Waals surface area contributed by atoms with Gasteiger partial charge in [0.2, 0.25) is 0 Å². The number of benzene rings is 1. The van der Waals surface area contributed by atoms with E-state index >= 15 is 0 Å². The minimum absolute atomic E-state index is 0.430. The summed E-state index contributed by atoms with van der Waals surface area (Å²) in [5.41, 5.74) is 2.30. The first kappa shape index (κ1) is 14.3. The molecule has 2 nitrogen and oxygen atoms in total. The molecule has 100 valence electrons. The summed E-state index contributed by atoms with van der Waals surface area (Å²) in [5.74, 6) is 0. The zero-order valence-electron chi connectivity index (χ0n) is 10.8. The number of aromatic nitrogens is 1. The molecular formula is C15H16Cl2N2. The maximum atomic E-state index is 6.11. The molecule has 0 aliphatic rings. The molecule has 0 atom stereocenters. The van der Waals surface area contributed by atoms with Crippen molar-refractivity contribution in [1.29, 1.82) is 0 Å². The van der Waals surface area contributed by atoms with Crippen LogP contribution in [0.4, 0.5) is 0 Å². The van der Waals surface area contributed by atoms with Gasteiger partial charge in [0.15, 0.2) is 0 Å². The summed E-state index contributed by atoms with van der Waals surface area (Å²) in [6, 6.07) is 14.1. The van der Waals surface area contributed by atoms with Crippen molar-refractivity contribution in [2.45, 2.75) is 20.0 Å². The molecule has 1 aromatic heterocycles. The average Bonchev–Trinajstić information content (AvgIpc) is 2.42. The third kappa shape index (κ3) is 4.20. The third-order valence-corrected chi connectivity index (χ3v) is 3.52. The summed E-state index contributed by atoms with van der Waals surface area (Å²) in [7, 11) is 0. The molecule has 0 saturated carbocycles. The maximum absolute atomic E-state index is 6.11. The second kappa shape index (κ2) is 6.90. The van der Waals surface area contributed by atoms with Crippen LogP contribution in [0.15, 0.2) is 42.5 Å². The third-order valence-electron chi connectivity index (χ3n) is 2.98. The Labute approximate surface area is 124 Å². The molecule has 0 amide bonds. The lowest BCUT2D eigenvalue weighted by Crippen LogP contribution is -2.22. The van der Waals surface area contributed by atoms with Crippen LogP contribution in [-0.4, -0.2) is 16.4 Å². The summed E-state index contributed by atoms with van der Waals surface area (Å²) in [5, 5.41) is 0.916. The van der Waals surface area contributed by atoms with Gasteiger partial charge in [-0.25, -0.2) is 4.98 Å². The smallest absolute Gasteiger partial charge is 0.135 e. The fourth-order valence-electron chi connectivity index (χ4n) is 1.92. The number of nitrogens with zero attached hydrogens (tertiary/aromatic N) is 2. The zero-order chi connectivity index (χ0) is 13.7. The Hall–Kier alpha value is -1.09. The summed E-state index contributed by atoms with van der Waals surface area (Å²) < 4.78 is 0. The van der Waals surface area contributed by atoms with E-state index in [-0.39, 0.29) is 0 Å². The van der Waals surface area contributed by atoms with Crippen molar-refractivity contribution in [2.75, 3.05) is 6.54 Å². The molecule has 0 aliphatic carbocycles. The molecule has 19 heavy (non-hydrogen) atoms. The molecular weight excluding hydrogens is 279 g/mol. The summed E-state index contributed by atoms with van der Waals surface area (Å²) >= 11 is 11.9. The van der Waals surface area contributed by atoms with Crippen LogP contribution in [0.1, 0.15) is 18.1 Å². The number of hydrogen-bond donors (Lipinski definition) is 0. The lowest BCUT2D eigenvalue weighted by Gasteiger charge is -2.21. The predicted octanol–water partition coefficient (Wildman–Crippen LogP) is 4.41. The van der Waals surface area contributed by atoms with Crippen LogP contribution in [0.2, 0.25) is 10.3 Å². The van der Waals surface area contributed by atoms with Gasteiger partial charge in [-0.3, -0.25) is 4.90 Å². The van der Waals surface area contributed by atoms with Gasteiger partial charge in [-0.15, -0.1) is 0 Å². The molecule has 1 heterocycles. The topological polar surface area (TPSA) is 16.1 Å². The molecule has 1 aromatic carbocycles. The molecule has 4 heteroatoms. The normalized spacial score (nSPS) is 10.9. The van der Waals surface area contributed by atoms with E-state index in [9.17, 15) is 0 Å². The van der Waals surface area contributed by atoms with Crippen LogP contribution in [0.5, 0.6) is 0 Å². The highest BCUT2D eigenvalue weighted by molar-refractivity contribution is 6.32. The minimum Gasteiger partial charge on any atom is -0.295 e. The molecule has 0 radical (unpaired) electrons. The van der Waals surface area contributed by atoms with E-state index in [0.29, 0.717) is 10.3 Å². The monoisotopic (exact) mass is 294 g/mol. The Morgan fingerprint density at radius 2 is 1.74 bits per heavy atom. The summed E-state index contributed by atoms with van der Waals surface area (Å²) in [4.78, 5) is 6.38. The Kier molecular flexibility index (Phi) is 5.20. The second-order valence-electron chi connectivity index (χ2n) is 4.37. The number of rotatable bonds is 5. The maximum Gasteiger partial charge on any atom is 0.135 e. The molecule has 0 fully saturated rings. The van der Waals surface area contributed by atoms with Crippen LogP contribution >= 0.6 is 23.2 Å². The highest BCUT2D eigenvalue weighted by Crippen LogP contribution is 2.19. The highest BCUT2D eigenvalue weighted by Gasteiger charge is 2.09. The van der Waals surface area contributed by atoms with E-state index in [0.717, 1.165) is 25.2 Å². The van der Waals surface area contributed by atoms with Crippen LogP contribution in [0.25, 0.3) is 0 Å². The van der Waals surface area contributed by atoms with E-state index in [2.05, 4.69) is 41.1 Å². The van der Waals surface area contributed by atoms with E-state index in [4.69, 9.17) is 23.2 Å². The van der Waals surface area contributed by atoms with Gasteiger partial charge in [0.1, 0.15) is 10.3 Å². The Morgan fingerprint density at radius 3 is 2.37 bits per heavy atom. The van der Waals surface area contributed by atoms with E-state index in [1.165, 1.54) is 5.56 Å². The van der Waals surface area contributed by atoms with Gasteiger partial charge < -0.3 is 0 Å². The lowest BCUT2D eigenvalue weighted by atomic mass is 10.2. The predicted molar refractivity (Wildman–Crippen MR) is 80.5 cm³/mol. The van der Waals surface area contributed by atoms with E-state index in [1.807, 2.05) is 12.1 Å². The van der Waals surface area contributed by atoms with Crippen molar-refractivity contribution in [3.05, 3.63) is 63.9 Å². The number of pyridine rings is 1. The van der Waals surface area contributed by atoms with Crippen molar-refractivity contribution < 1.29 is 0 Å². The van der Waals surface area contributed by atoms with E-state index < -0.39 is 0 Å². The number of hydrogen-bond acceptors (Lipinski definition) is 2. The molecule has 0 aliphatic heterocycles. The lowest BCUT2D eigenvalue weighted by molar-refractivity contribution is 0.271. The van der Waals surface area contributed by atoms with Crippen molar-refractivity contribution in [1.82, 2.24) is 9.88 Å². The van der Waals surface area contributed by atoms with E-state index in [1.54, 1.807) is 6.07 Å². The molecule has 0 saturated heterocycles. The second-order valence-corrected chi connectivity index (χ2v) is 5.12. The summed E-state index contributed by atoms with van der Waals surface area (Å²) in [6.07, 6.45) is 0. The van der Waals surface area contributed by atoms with Gasteiger partial charge >= 0.3 is 0 Å². The zero-order valence-corrected chi connectivity index (χ0v) is 12.3. The minimum atomic E-state index is 0.430. The number of halogens is 2. The Balaban J connectivity index is 2.06. The van der Waals surface area contributed by atoms with Gasteiger partial charge in [0.05, 0.1) is 0 Å². The molecule has 0 spiro atoms. The van der Waals surface area contributed by atoms with Gasteiger partial charge in [0.25, 0.3) is 0 Å². The molecule has 0 N–H and O–H groups in total. The Bertz CT molecular complexity index is 529.